The molecule has 35 heavy (non-hydrogen) atoms. The van der Waals surface area contributed by atoms with Gasteiger partial charge in [-0.2, -0.15) is 5.10 Å². The summed E-state index contributed by atoms with van der Waals surface area (Å²) >= 11 is 18.9. The Morgan fingerprint density at radius 1 is 0.971 bits per heavy atom. The van der Waals surface area contributed by atoms with Gasteiger partial charge in [0.05, 0.1) is 17.3 Å². The second kappa shape index (κ2) is 9.62. The average Bonchev–Trinajstić information content (AvgIpc) is 3.28. The van der Waals surface area contributed by atoms with Crippen molar-refractivity contribution in [3.8, 4) is 11.1 Å². The summed E-state index contributed by atoms with van der Waals surface area (Å²) in [5.41, 5.74) is 6.31. The van der Waals surface area contributed by atoms with Crippen LogP contribution in [-0.4, -0.2) is 21.6 Å². The number of pyridine rings is 1. The molecule has 5 rings (SSSR count). The highest BCUT2D eigenvalue weighted by molar-refractivity contribution is 6.35. The zero-order chi connectivity index (χ0) is 24.7. The molecule has 1 amide bonds. The van der Waals surface area contributed by atoms with Gasteiger partial charge in [-0.15, -0.1) is 0 Å². The summed E-state index contributed by atoms with van der Waals surface area (Å²) in [5.74, 6) is -0.0736. The van der Waals surface area contributed by atoms with Gasteiger partial charge in [0.15, 0.2) is 0 Å². The minimum atomic E-state index is -0.328. The maximum atomic E-state index is 13.0. The van der Waals surface area contributed by atoms with Crippen LogP contribution in [-0.2, 0) is 4.79 Å². The van der Waals surface area contributed by atoms with Crippen LogP contribution in [0.4, 0.5) is 0 Å². The summed E-state index contributed by atoms with van der Waals surface area (Å²) in [4.78, 5) is 17.8. The highest BCUT2D eigenvalue weighted by atomic mass is 35.5. The Labute approximate surface area is 219 Å². The van der Waals surface area contributed by atoms with Gasteiger partial charge in [-0.05, 0) is 48.4 Å². The fourth-order valence-corrected chi connectivity index (χ4v) is 5.33. The van der Waals surface area contributed by atoms with E-state index in [4.69, 9.17) is 44.9 Å². The van der Waals surface area contributed by atoms with Gasteiger partial charge < -0.3 is 0 Å². The van der Waals surface area contributed by atoms with Crippen molar-refractivity contribution in [1.29, 1.82) is 0 Å². The lowest BCUT2D eigenvalue weighted by Crippen LogP contribution is -2.26. The zero-order valence-corrected chi connectivity index (χ0v) is 21.5. The number of hydrogen-bond acceptors (Lipinski definition) is 3. The molecule has 3 aromatic carbocycles. The average molecular weight is 523 g/mol. The van der Waals surface area contributed by atoms with E-state index in [2.05, 4.69) is 6.07 Å². The highest BCUT2D eigenvalue weighted by Gasteiger charge is 2.35. The molecule has 0 N–H and O–H groups in total. The minimum absolute atomic E-state index is 0.0736. The van der Waals surface area contributed by atoms with E-state index in [-0.39, 0.29) is 11.9 Å². The number of hydrogen-bond donors (Lipinski definition) is 0. The van der Waals surface area contributed by atoms with Crippen LogP contribution in [0.1, 0.15) is 42.6 Å². The largest absolute Gasteiger partial charge is 0.273 e. The molecule has 0 bridgehead atoms. The van der Waals surface area contributed by atoms with E-state index < -0.39 is 0 Å². The second-order valence-corrected chi connectivity index (χ2v) is 9.78. The number of halogens is 3. The van der Waals surface area contributed by atoms with E-state index >= 15 is 0 Å². The molecule has 2 heterocycles. The number of fused-ring (bicyclic) bond motifs is 1. The first-order valence-corrected chi connectivity index (χ1v) is 12.5. The first-order chi connectivity index (χ1) is 16.9. The number of aryl methyl sites for hydroxylation is 1. The Morgan fingerprint density at radius 3 is 2.40 bits per heavy atom. The van der Waals surface area contributed by atoms with Gasteiger partial charge in [0.25, 0.3) is 0 Å². The molecule has 0 saturated heterocycles. The lowest BCUT2D eigenvalue weighted by Gasteiger charge is -2.22. The number of amides is 1. The number of aromatic nitrogens is 1. The predicted molar refractivity (Wildman–Crippen MR) is 144 cm³/mol. The number of carbonyl (C=O) groups excluding carboxylic acids is 1. The Hall–Kier alpha value is -2.92. The molecule has 7 heteroatoms. The van der Waals surface area contributed by atoms with Gasteiger partial charge in [0, 0.05) is 50.1 Å². The van der Waals surface area contributed by atoms with Crippen LogP contribution < -0.4 is 0 Å². The molecule has 4 nitrogen and oxygen atoms in total. The van der Waals surface area contributed by atoms with E-state index in [0.29, 0.717) is 27.9 Å². The Bertz CT molecular complexity index is 1480. The van der Waals surface area contributed by atoms with Crippen LogP contribution in [0.5, 0.6) is 0 Å². The Balaban J connectivity index is 1.72. The number of carbonyl (C=O) groups is 1. The van der Waals surface area contributed by atoms with E-state index in [1.807, 2.05) is 62.4 Å². The van der Waals surface area contributed by atoms with Gasteiger partial charge in [0.2, 0.25) is 5.91 Å². The zero-order valence-electron chi connectivity index (χ0n) is 19.2. The molecule has 0 saturated carbocycles. The standard InChI is InChI=1S/C28H22Cl3N3O/c1-3-26(35)34-25(20-13-12-19(30)14-22(20)31)15-24(33-34)27-16(2)32-23-7-5-4-6-21(23)28(27)17-8-10-18(29)11-9-17/h4-14,25H,3,15H2,1-2H3. The maximum Gasteiger partial charge on any atom is 0.242 e. The summed E-state index contributed by atoms with van der Waals surface area (Å²) in [6.45, 7) is 3.82. The van der Waals surface area contributed by atoms with Gasteiger partial charge in [-0.3, -0.25) is 9.78 Å². The lowest BCUT2D eigenvalue weighted by molar-refractivity contribution is -0.132. The van der Waals surface area contributed by atoms with E-state index in [1.54, 1.807) is 17.1 Å². The monoisotopic (exact) mass is 521 g/mol. The Morgan fingerprint density at radius 2 is 1.69 bits per heavy atom. The van der Waals surface area contributed by atoms with Crippen molar-refractivity contribution < 1.29 is 4.79 Å². The molecule has 0 aliphatic carbocycles. The van der Waals surface area contributed by atoms with Crippen molar-refractivity contribution in [2.75, 3.05) is 0 Å². The van der Waals surface area contributed by atoms with Crippen LogP contribution >= 0.6 is 34.8 Å². The van der Waals surface area contributed by atoms with Crippen LogP contribution in [0.3, 0.4) is 0 Å². The van der Waals surface area contributed by atoms with Gasteiger partial charge in [-0.25, -0.2) is 5.01 Å². The fraction of sp³-hybridized carbons (Fsp3) is 0.179. The number of para-hydroxylation sites is 1. The number of nitrogens with zero attached hydrogens (tertiary/aromatic N) is 3. The van der Waals surface area contributed by atoms with E-state index in [1.165, 1.54) is 0 Å². The van der Waals surface area contributed by atoms with Crippen LogP contribution in [0.15, 0.2) is 71.8 Å². The molecule has 1 aliphatic rings. The van der Waals surface area contributed by atoms with Crippen LogP contribution in [0, 0.1) is 6.92 Å². The summed E-state index contributed by atoms with van der Waals surface area (Å²) in [6, 6.07) is 20.9. The van der Waals surface area contributed by atoms with Gasteiger partial charge in [0.1, 0.15) is 0 Å². The number of benzene rings is 3. The Kier molecular flexibility index (Phi) is 6.54. The van der Waals surface area contributed by atoms with Gasteiger partial charge in [-0.1, -0.05) is 78.1 Å². The normalized spacial score (nSPS) is 15.5. The van der Waals surface area contributed by atoms with E-state index in [9.17, 15) is 4.79 Å². The van der Waals surface area contributed by atoms with Crippen molar-refractivity contribution in [2.45, 2.75) is 32.7 Å². The van der Waals surface area contributed by atoms with Crippen molar-refractivity contribution in [3.05, 3.63) is 98.6 Å². The molecule has 1 atom stereocenters. The molecule has 1 aromatic heterocycles. The first kappa shape index (κ1) is 23.8. The quantitative estimate of drug-likeness (QED) is 0.271. The lowest BCUT2D eigenvalue weighted by atomic mass is 9.89. The molecule has 176 valence electrons. The highest BCUT2D eigenvalue weighted by Crippen LogP contribution is 2.41. The van der Waals surface area contributed by atoms with Gasteiger partial charge >= 0.3 is 0 Å². The second-order valence-electron chi connectivity index (χ2n) is 8.50. The molecular formula is C28H22Cl3N3O. The summed E-state index contributed by atoms with van der Waals surface area (Å²) in [6.07, 6.45) is 0.839. The van der Waals surface area contributed by atoms with Crippen molar-refractivity contribution in [3.63, 3.8) is 0 Å². The topological polar surface area (TPSA) is 45.6 Å². The first-order valence-electron chi connectivity index (χ1n) is 11.4. The third-order valence-corrected chi connectivity index (χ3v) is 7.10. The van der Waals surface area contributed by atoms with Crippen molar-refractivity contribution in [1.82, 2.24) is 9.99 Å². The van der Waals surface area contributed by atoms with Crippen LogP contribution in [0.25, 0.3) is 22.0 Å². The predicted octanol–water partition coefficient (Wildman–Crippen LogP) is 8.26. The summed E-state index contributed by atoms with van der Waals surface area (Å²) < 4.78 is 0. The van der Waals surface area contributed by atoms with Crippen LogP contribution in [0.2, 0.25) is 15.1 Å². The molecule has 1 aliphatic heterocycles. The third-order valence-electron chi connectivity index (χ3n) is 6.28. The SMILES string of the molecule is CCC(=O)N1N=C(c2c(C)nc3ccccc3c2-c2ccc(Cl)cc2)CC1c1ccc(Cl)cc1Cl. The molecular weight excluding hydrogens is 501 g/mol. The number of rotatable bonds is 4. The summed E-state index contributed by atoms with van der Waals surface area (Å²) in [5, 5.41) is 9.17. The molecule has 1 unspecified atom stereocenters. The maximum absolute atomic E-state index is 13.0. The third kappa shape index (κ3) is 4.42. The number of hydrazone groups is 1. The smallest absolute Gasteiger partial charge is 0.242 e. The van der Waals surface area contributed by atoms with E-state index in [0.717, 1.165) is 44.6 Å². The molecule has 0 spiro atoms. The summed E-state index contributed by atoms with van der Waals surface area (Å²) in [7, 11) is 0. The molecule has 0 fully saturated rings. The fourth-order valence-electron chi connectivity index (χ4n) is 4.67. The molecule has 0 radical (unpaired) electrons. The molecule has 4 aromatic rings. The van der Waals surface area contributed by atoms with Crippen molar-refractivity contribution >= 4 is 57.3 Å². The minimum Gasteiger partial charge on any atom is -0.273 e. The van der Waals surface area contributed by atoms with Crippen molar-refractivity contribution in [2.24, 2.45) is 5.10 Å².